The van der Waals surface area contributed by atoms with Gasteiger partial charge in [0.25, 0.3) is 10.0 Å². The molecular formula is C31H35Cl2N3O5S. The van der Waals surface area contributed by atoms with Crippen LogP contribution in [0.3, 0.4) is 0 Å². The Bertz CT molecular complexity index is 1460. The van der Waals surface area contributed by atoms with E-state index in [-0.39, 0.29) is 29.1 Å². The van der Waals surface area contributed by atoms with Gasteiger partial charge in [0.2, 0.25) is 11.8 Å². The Hall–Kier alpha value is -3.27. The van der Waals surface area contributed by atoms with Gasteiger partial charge in [-0.2, -0.15) is 0 Å². The number of halogens is 2. The van der Waals surface area contributed by atoms with Gasteiger partial charge in [0.1, 0.15) is 18.3 Å². The number of hydrogen-bond donors (Lipinski definition) is 1. The number of ether oxygens (including phenoxy) is 1. The molecule has 2 amide bonds. The summed E-state index contributed by atoms with van der Waals surface area (Å²) in [5.74, 6) is -0.329. The number of amides is 2. The quantitative estimate of drug-likeness (QED) is 0.262. The van der Waals surface area contributed by atoms with Crippen LogP contribution in [0.2, 0.25) is 10.0 Å². The molecule has 3 aromatic rings. The minimum absolute atomic E-state index is 0.0281. The highest BCUT2D eigenvalue weighted by molar-refractivity contribution is 7.92. The maximum absolute atomic E-state index is 14.2. The highest BCUT2D eigenvalue weighted by Crippen LogP contribution is 2.29. The number of anilines is 1. The zero-order chi connectivity index (χ0) is 30.3. The summed E-state index contributed by atoms with van der Waals surface area (Å²) in [6.45, 7) is 1.18. The van der Waals surface area contributed by atoms with E-state index >= 15 is 0 Å². The topological polar surface area (TPSA) is 96.0 Å². The van der Waals surface area contributed by atoms with Crippen LogP contribution >= 0.6 is 23.2 Å². The van der Waals surface area contributed by atoms with E-state index in [2.05, 4.69) is 5.32 Å². The lowest BCUT2D eigenvalue weighted by Gasteiger charge is -2.34. The fourth-order valence-electron chi connectivity index (χ4n) is 5.14. The Labute approximate surface area is 257 Å². The lowest BCUT2D eigenvalue weighted by Crippen LogP contribution is -2.53. The van der Waals surface area contributed by atoms with E-state index < -0.39 is 28.5 Å². The second kappa shape index (κ2) is 14.3. The second-order valence-corrected chi connectivity index (χ2v) is 12.8. The van der Waals surface area contributed by atoms with Gasteiger partial charge in [0.15, 0.2) is 0 Å². The van der Waals surface area contributed by atoms with E-state index in [0.29, 0.717) is 27.8 Å². The van der Waals surface area contributed by atoms with E-state index in [1.165, 1.54) is 24.1 Å². The number of hydrogen-bond acceptors (Lipinski definition) is 5. The van der Waals surface area contributed by atoms with Crippen molar-refractivity contribution in [2.45, 2.75) is 62.6 Å². The van der Waals surface area contributed by atoms with Crippen molar-refractivity contribution in [1.82, 2.24) is 10.2 Å². The first-order valence-corrected chi connectivity index (χ1v) is 16.1. The summed E-state index contributed by atoms with van der Waals surface area (Å²) in [6.07, 6.45) is 4.14. The Morgan fingerprint density at radius 1 is 0.952 bits per heavy atom. The van der Waals surface area contributed by atoms with E-state index in [1.807, 2.05) is 6.92 Å². The van der Waals surface area contributed by atoms with Crippen molar-refractivity contribution in [3.05, 3.63) is 88.4 Å². The number of sulfonamides is 1. The van der Waals surface area contributed by atoms with Crippen LogP contribution in [-0.4, -0.2) is 50.9 Å². The van der Waals surface area contributed by atoms with Crippen LogP contribution in [0.4, 0.5) is 5.69 Å². The fourth-order valence-corrected chi connectivity index (χ4v) is 7.09. The smallest absolute Gasteiger partial charge is 0.264 e. The van der Waals surface area contributed by atoms with E-state index in [1.54, 1.807) is 60.7 Å². The summed E-state index contributed by atoms with van der Waals surface area (Å²) in [5, 5.41) is 3.78. The van der Waals surface area contributed by atoms with Crippen molar-refractivity contribution < 1.29 is 22.7 Å². The summed E-state index contributed by atoms with van der Waals surface area (Å²) >= 11 is 13.0. The molecule has 0 aromatic heterocycles. The van der Waals surface area contributed by atoms with Crippen molar-refractivity contribution in [2.75, 3.05) is 18.0 Å². The van der Waals surface area contributed by atoms with Gasteiger partial charge in [-0.25, -0.2) is 8.42 Å². The molecule has 1 aliphatic rings. The van der Waals surface area contributed by atoms with Crippen molar-refractivity contribution >= 4 is 50.7 Å². The molecule has 0 radical (unpaired) electrons. The van der Waals surface area contributed by atoms with Crippen LogP contribution in [-0.2, 0) is 26.2 Å². The number of nitrogens with zero attached hydrogens (tertiary/aromatic N) is 2. The van der Waals surface area contributed by atoms with Crippen molar-refractivity contribution in [3.8, 4) is 5.75 Å². The molecule has 1 fully saturated rings. The lowest BCUT2D eigenvalue weighted by molar-refractivity contribution is -0.140. The molecule has 0 aliphatic heterocycles. The first-order valence-electron chi connectivity index (χ1n) is 13.9. The number of rotatable bonds is 12. The van der Waals surface area contributed by atoms with Gasteiger partial charge in [0.05, 0.1) is 17.7 Å². The summed E-state index contributed by atoms with van der Waals surface area (Å²) in [4.78, 5) is 29.2. The van der Waals surface area contributed by atoms with Crippen LogP contribution < -0.4 is 14.4 Å². The predicted molar refractivity (Wildman–Crippen MR) is 165 cm³/mol. The predicted octanol–water partition coefficient (Wildman–Crippen LogP) is 6.06. The fraction of sp³-hybridized carbons (Fsp3) is 0.355. The number of carbonyl (C=O) groups excluding carboxylic acids is 2. The first-order chi connectivity index (χ1) is 20.1. The molecule has 4 rings (SSSR count). The molecule has 1 saturated carbocycles. The third kappa shape index (κ3) is 7.38. The summed E-state index contributed by atoms with van der Waals surface area (Å²) in [6, 6.07) is 18.5. The molecule has 0 saturated heterocycles. The van der Waals surface area contributed by atoms with Gasteiger partial charge in [-0.05, 0) is 67.8 Å². The van der Waals surface area contributed by atoms with Gasteiger partial charge >= 0.3 is 0 Å². The summed E-state index contributed by atoms with van der Waals surface area (Å²) < 4.78 is 34.1. The molecule has 224 valence electrons. The average Bonchev–Trinajstić information content (AvgIpc) is 3.50. The Morgan fingerprint density at radius 3 is 2.14 bits per heavy atom. The number of methoxy groups -OCH3 is 1. The highest BCUT2D eigenvalue weighted by atomic mass is 35.5. The van der Waals surface area contributed by atoms with Gasteiger partial charge in [-0.3, -0.25) is 13.9 Å². The molecule has 3 aromatic carbocycles. The average molecular weight is 633 g/mol. The molecule has 1 aliphatic carbocycles. The Balaban J connectivity index is 1.74. The van der Waals surface area contributed by atoms with E-state index in [9.17, 15) is 18.0 Å². The molecule has 8 nitrogen and oxygen atoms in total. The first kappa shape index (κ1) is 31.7. The Kier molecular flexibility index (Phi) is 10.8. The van der Waals surface area contributed by atoms with Crippen molar-refractivity contribution in [2.24, 2.45) is 0 Å². The van der Waals surface area contributed by atoms with Gasteiger partial charge in [-0.1, -0.05) is 67.2 Å². The number of carbonyl (C=O) groups is 2. The zero-order valence-electron chi connectivity index (χ0n) is 23.6. The standard InChI is InChI=1S/C31H35Cl2N3O5S/c1-3-29(31(38)34-22-10-7-8-11-22)35(20-26-27(32)14-9-15-28(26)33)30(37)21-36(23-16-18-24(41-2)19-17-23)42(39,40)25-12-5-4-6-13-25/h4-6,9,12-19,22,29H,3,7-8,10-11,20-21H2,1-2H3,(H,34,38). The third-order valence-electron chi connectivity index (χ3n) is 7.45. The van der Waals surface area contributed by atoms with Crippen molar-refractivity contribution in [3.63, 3.8) is 0 Å². The maximum Gasteiger partial charge on any atom is 0.264 e. The molecular weight excluding hydrogens is 597 g/mol. The number of nitrogens with one attached hydrogen (secondary N) is 1. The highest BCUT2D eigenvalue weighted by Gasteiger charge is 2.35. The molecule has 0 heterocycles. The third-order valence-corrected chi connectivity index (χ3v) is 9.94. The summed E-state index contributed by atoms with van der Waals surface area (Å²) in [5.41, 5.74) is 0.746. The van der Waals surface area contributed by atoms with Crippen LogP contribution in [0.15, 0.2) is 77.7 Å². The summed E-state index contributed by atoms with van der Waals surface area (Å²) in [7, 11) is -2.66. The zero-order valence-corrected chi connectivity index (χ0v) is 26.0. The van der Waals surface area contributed by atoms with Gasteiger partial charge < -0.3 is 15.0 Å². The number of benzene rings is 3. The molecule has 0 spiro atoms. The Morgan fingerprint density at radius 2 is 1.57 bits per heavy atom. The van der Waals surface area contributed by atoms with Crippen molar-refractivity contribution in [1.29, 1.82) is 0 Å². The maximum atomic E-state index is 14.2. The molecule has 11 heteroatoms. The van der Waals surface area contributed by atoms with Gasteiger partial charge in [-0.15, -0.1) is 0 Å². The SMILES string of the molecule is CCC(C(=O)NC1CCCC1)N(Cc1c(Cl)cccc1Cl)C(=O)CN(c1ccc(OC)cc1)S(=O)(=O)c1ccccc1. The second-order valence-electron chi connectivity index (χ2n) is 10.2. The van der Waals surface area contributed by atoms with Crippen LogP contribution in [0.25, 0.3) is 0 Å². The minimum Gasteiger partial charge on any atom is -0.497 e. The normalized spacial score (nSPS) is 14.3. The minimum atomic E-state index is -4.17. The van der Waals surface area contributed by atoms with Crippen LogP contribution in [0.1, 0.15) is 44.6 Å². The molecule has 1 N–H and O–H groups in total. The van der Waals surface area contributed by atoms with Crippen LogP contribution in [0.5, 0.6) is 5.75 Å². The van der Waals surface area contributed by atoms with E-state index in [0.717, 1.165) is 30.0 Å². The lowest BCUT2D eigenvalue weighted by atomic mass is 10.1. The largest absolute Gasteiger partial charge is 0.497 e. The molecule has 1 unspecified atom stereocenters. The molecule has 0 bridgehead atoms. The monoisotopic (exact) mass is 631 g/mol. The van der Waals surface area contributed by atoms with Crippen LogP contribution in [0, 0.1) is 0 Å². The molecule has 42 heavy (non-hydrogen) atoms. The van der Waals surface area contributed by atoms with Gasteiger partial charge in [0, 0.05) is 28.2 Å². The molecule has 1 atom stereocenters. The van der Waals surface area contributed by atoms with E-state index in [4.69, 9.17) is 27.9 Å².